The summed E-state index contributed by atoms with van der Waals surface area (Å²) in [5.74, 6) is 2.12. The predicted octanol–water partition coefficient (Wildman–Crippen LogP) is 5.37. The van der Waals surface area contributed by atoms with Crippen molar-refractivity contribution >= 4 is 35.3 Å². The molecule has 1 aliphatic carbocycles. The molecule has 0 radical (unpaired) electrons. The van der Waals surface area contributed by atoms with Crippen molar-refractivity contribution < 1.29 is 19.1 Å². The number of thioether (sulfide) groups is 1. The van der Waals surface area contributed by atoms with E-state index in [0.29, 0.717) is 33.8 Å². The van der Waals surface area contributed by atoms with Gasteiger partial charge in [-0.15, -0.1) is 0 Å². The van der Waals surface area contributed by atoms with Crippen LogP contribution in [0.25, 0.3) is 6.08 Å². The SMILES string of the molecule is COc1ccc(/C=C2\Sc3ccc(C(=O)N[C@@H]4CCC[C@H](C)[C@H]4C)cc3N(C)C2=O)cc1OC. The van der Waals surface area contributed by atoms with Gasteiger partial charge in [-0.3, -0.25) is 9.59 Å². The fourth-order valence-corrected chi connectivity index (χ4v) is 5.76. The largest absolute Gasteiger partial charge is 0.493 e. The number of ether oxygens (including phenoxy) is 2. The van der Waals surface area contributed by atoms with Gasteiger partial charge in [-0.1, -0.05) is 44.5 Å². The highest BCUT2D eigenvalue weighted by Crippen LogP contribution is 2.42. The highest BCUT2D eigenvalue weighted by molar-refractivity contribution is 8.04. The van der Waals surface area contributed by atoms with Crippen LogP contribution < -0.4 is 19.7 Å². The van der Waals surface area contributed by atoms with Crippen LogP contribution in [0.5, 0.6) is 11.5 Å². The molecule has 2 aliphatic rings. The van der Waals surface area contributed by atoms with E-state index in [-0.39, 0.29) is 17.9 Å². The average molecular weight is 481 g/mol. The van der Waals surface area contributed by atoms with E-state index in [2.05, 4.69) is 19.2 Å². The first-order valence-electron chi connectivity index (χ1n) is 11.7. The van der Waals surface area contributed by atoms with Crippen molar-refractivity contribution in [3.63, 3.8) is 0 Å². The van der Waals surface area contributed by atoms with Crippen LogP contribution in [-0.4, -0.2) is 39.1 Å². The second kappa shape index (κ2) is 10.1. The number of carbonyl (C=O) groups is 2. The number of nitrogens with one attached hydrogen (secondary N) is 1. The number of amides is 2. The van der Waals surface area contributed by atoms with E-state index in [1.807, 2.05) is 42.5 Å². The number of nitrogens with zero attached hydrogens (tertiary/aromatic N) is 1. The van der Waals surface area contributed by atoms with Gasteiger partial charge in [0.25, 0.3) is 11.8 Å². The second-order valence-corrected chi connectivity index (χ2v) is 10.2. The van der Waals surface area contributed by atoms with E-state index in [0.717, 1.165) is 29.0 Å². The van der Waals surface area contributed by atoms with Crippen LogP contribution in [0, 0.1) is 11.8 Å². The summed E-state index contributed by atoms with van der Waals surface area (Å²) >= 11 is 1.41. The Morgan fingerprint density at radius 3 is 2.59 bits per heavy atom. The molecule has 1 fully saturated rings. The molecule has 4 rings (SSSR count). The molecule has 0 unspecified atom stereocenters. The topological polar surface area (TPSA) is 67.9 Å². The van der Waals surface area contributed by atoms with Crippen molar-refractivity contribution in [1.82, 2.24) is 5.32 Å². The third kappa shape index (κ3) is 4.80. The number of benzene rings is 2. The molecule has 3 atom stereocenters. The number of hydrogen-bond donors (Lipinski definition) is 1. The summed E-state index contributed by atoms with van der Waals surface area (Å²) in [6.45, 7) is 4.48. The zero-order chi connectivity index (χ0) is 24.4. The van der Waals surface area contributed by atoms with Crippen LogP contribution in [0.15, 0.2) is 46.2 Å². The molecule has 0 saturated heterocycles. The molecule has 2 amide bonds. The van der Waals surface area contributed by atoms with E-state index in [1.165, 1.54) is 18.2 Å². The summed E-state index contributed by atoms with van der Waals surface area (Å²) in [6, 6.07) is 11.3. The average Bonchev–Trinajstić information content (AvgIpc) is 2.84. The van der Waals surface area contributed by atoms with Crippen LogP contribution in [0.3, 0.4) is 0 Å². The summed E-state index contributed by atoms with van der Waals surface area (Å²) < 4.78 is 10.7. The summed E-state index contributed by atoms with van der Waals surface area (Å²) in [5.41, 5.74) is 2.17. The summed E-state index contributed by atoms with van der Waals surface area (Å²) in [4.78, 5) is 29.3. The number of anilines is 1. The van der Waals surface area contributed by atoms with Gasteiger partial charge in [0.1, 0.15) is 0 Å². The minimum Gasteiger partial charge on any atom is -0.493 e. The lowest BCUT2D eigenvalue weighted by Crippen LogP contribution is -2.43. The second-order valence-electron chi connectivity index (χ2n) is 9.12. The van der Waals surface area contributed by atoms with Crippen molar-refractivity contribution in [2.24, 2.45) is 11.8 Å². The lowest BCUT2D eigenvalue weighted by Gasteiger charge is -2.34. The van der Waals surface area contributed by atoms with Gasteiger partial charge in [0, 0.05) is 23.5 Å². The van der Waals surface area contributed by atoms with Crippen LogP contribution in [0.2, 0.25) is 0 Å². The Morgan fingerprint density at radius 1 is 1.09 bits per heavy atom. The first kappa shape index (κ1) is 24.2. The Hall–Kier alpha value is -2.93. The lowest BCUT2D eigenvalue weighted by atomic mass is 9.78. The molecule has 1 heterocycles. The van der Waals surface area contributed by atoms with Crippen LogP contribution >= 0.6 is 11.8 Å². The van der Waals surface area contributed by atoms with Gasteiger partial charge in [0.2, 0.25) is 0 Å². The minimum absolute atomic E-state index is 0.0775. The molecule has 0 bridgehead atoms. The van der Waals surface area contributed by atoms with Gasteiger partial charge in [-0.25, -0.2) is 0 Å². The van der Waals surface area contributed by atoms with Gasteiger partial charge in [-0.2, -0.15) is 0 Å². The maximum Gasteiger partial charge on any atom is 0.264 e. The molecule has 1 N–H and O–H groups in total. The summed E-state index contributed by atoms with van der Waals surface area (Å²) in [6.07, 6.45) is 5.22. The maximum absolute atomic E-state index is 13.1. The fourth-order valence-electron chi connectivity index (χ4n) is 4.67. The first-order valence-corrected chi connectivity index (χ1v) is 12.5. The van der Waals surface area contributed by atoms with Gasteiger partial charge in [-0.05, 0) is 60.2 Å². The standard InChI is InChI=1S/C27H32N2O4S/c1-16-7-6-8-20(17(16)2)28-26(30)19-10-12-24-21(15-19)29(3)27(31)25(34-24)14-18-9-11-22(32-4)23(13-18)33-5/h9-17,20H,6-8H2,1-5H3,(H,28,30)/b25-14-/t16-,17+,20+/m0/s1. The van der Waals surface area contributed by atoms with E-state index in [4.69, 9.17) is 9.47 Å². The zero-order valence-electron chi connectivity index (χ0n) is 20.4. The Morgan fingerprint density at radius 2 is 1.85 bits per heavy atom. The molecule has 7 heteroatoms. The number of rotatable bonds is 5. The quantitative estimate of drug-likeness (QED) is 0.583. The third-order valence-corrected chi connectivity index (χ3v) is 8.12. The van der Waals surface area contributed by atoms with Gasteiger partial charge >= 0.3 is 0 Å². The molecule has 0 aromatic heterocycles. The third-order valence-electron chi connectivity index (χ3n) is 7.05. The molecule has 2 aromatic carbocycles. The number of methoxy groups -OCH3 is 2. The minimum atomic E-state index is -0.112. The van der Waals surface area contributed by atoms with E-state index in [9.17, 15) is 9.59 Å². The monoisotopic (exact) mass is 480 g/mol. The molecular weight excluding hydrogens is 448 g/mol. The van der Waals surface area contributed by atoms with Gasteiger partial charge in [0.05, 0.1) is 24.8 Å². The predicted molar refractivity (Wildman–Crippen MR) is 137 cm³/mol. The number of likely N-dealkylation sites (N-methyl/N-ethyl adjacent to an activating group) is 1. The normalized spacial score (nSPS) is 23.4. The van der Waals surface area contributed by atoms with Crippen LogP contribution in [0.1, 0.15) is 49.0 Å². The van der Waals surface area contributed by atoms with Crippen LogP contribution in [-0.2, 0) is 4.79 Å². The first-order chi connectivity index (χ1) is 16.3. The Balaban J connectivity index is 1.55. The molecule has 34 heavy (non-hydrogen) atoms. The highest BCUT2D eigenvalue weighted by Gasteiger charge is 2.30. The van der Waals surface area contributed by atoms with E-state index >= 15 is 0 Å². The van der Waals surface area contributed by atoms with Gasteiger partial charge in [0.15, 0.2) is 11.5 Å². The molecule has 1 saturated carbocycles. The highest BCUT2D eigenvalue weighted by atomic mass is 32.2. The van der Waals surface area contributed by atoms with Crippen molar-refractivity contribution in [3.8, 4) is 11.5 Å². The number of carbonyl (C=O) groups excluding carboxylic acids is 2. The number of fused-ring (bicyclic) bond motifs is 1. The number of hydrogen-bond acceptors (Lipinski definition) is 5. The molecule has 6 nitrogen and oxygen atoms in total. The van der Waals surface area contributed by atoms with Crippen molar-refractivity contribution in [2.45, 2.75) is 44.0 Å². The molecule has 1 aliphatic heterocycles. The lowest BCUT2D eigenvalue weighted by molar-refractivity contribution is -0.114. The van der Waals surface area contributed by atoms with E-state index in [1.54, 1.807) is 26.2 Å². The van der Waals surface area contributed by atoms with Crippen molar-refractivity contribution in [3.05, 3.63) is 52.4 Å². The van der Waals surface area contributed by atoms with Crippen molar-refractivity contribution in [1.29, 1.82) is 0 Å². The molecular formula is C27H32N2O4S. The van der Waals surface area contributed by atoms with Crippen LogP contribution in [0.4, 0.5) is 5.69 Å². The summed E-state index contributed by atoms with van der Waals surface area (Å²) in [5, 5.41) is 3.23. The molecule has 180 valence electrons. The Kier molecular flexibility index (Phi) is 7.22. The molecule has 2 aromatic rings. The van der Waals surface area contributed by atoms with Crippen molar-refractivity contribution in [2.75, 3.05) is 26.2 Å². The summed E-state index contributed by atoms with van der Waals surface area (Å²) in [7, 11) is 4.92. The Bertz CT molecular complexity index is 1130. The van der Waals surface area contributed by atoms with E-state index < -0.39 is 0 Å². The molecule has 0 spiro atoms. The van der Waals surface area contributed by atoms with Gasteiger partial charge < -0.3 is 19.7 Å². The Labute approximate surface area is 205 Å². The smallest absolute Gasteiger partial charge is 0.264 e. The maximum atomic E-state index is 13.1. The fraction of sp³-hybridized carbons (Fsp3) is 0.407. The zero-order valence-corrected chi connectivity index (χ0v) is 21.2.